The van der Waals surface area contributed by atoms with Gasteiger partial charge in [-0.25, -0.2) is 4.79 Å². The number of para-hydroxylation sites is 1. The minimum Gasteiger partial charge on any atom is -0.504 e. The number of phenolic OH excluding ortho intramolecular Hbond substituents is 1. The minimum atomic E-state index is -0.597. The number of benzene rings is 3. The summed E-state index contributed by atoms with van der Waals surface area (Å²) in [4.78, 5) is 15.1. The van der Waals surface area contributed by atoms with E-state index in [1.54, 1.807) is 32.9 Å². The Morgan fingerprint density at radius 2 is 1.41 bits per heavy atom. The lowest BCUT2D eigenvalue weighted by atomic mass is 10.2. The number of esters is 1. The van der Waals surface area contributed by atoms with Crippen molar-refractivity contribution in [1.82, 2.24) is 0 Å². The number of rotatable bonds is 6. The summed E-state index contributed by atoms with van der Waals surface area (Å²) in [5, 5.41) is 10.5. The summed E-state index contributed by atoms with van der Waals surface area (Å²) >= 11 is 0. The molecule has 0 bridgehead atoms. The highest BCUT2D eigenvalue weighted by Crippen LogP contribution is 2.41. The Balaban J connectivity index is 1.99. The number of ether oxygens (including phenoxy) is 2. The van der Waals surface area contributed by atoms with Crippen LogP contribution in [0.25, 0.3) is 0 Å². The van der Waals surface area contributed by atoms with Crippen molar-refractivity contribution in [1.29, 1.82) is 0 Å². The summed E-state index contributed by atoms with van der Waals surface area (Å²) in [5.41, 5.74) is -0.597. The van der Waals surface area contributed by atoms with Gasteiger partial charge in [-0.15, -0.1) is 0 Å². The topological polar surface area (TPSA) is 55.8 Å². The van der Waals surface area contributed by atoms with Gasteiger partial charge in [0, 0.05) is 0 Å². The summed E-state index contributed by atoms with van der Waals surface area (Å²) in [6.07, 6.45) is 0. The smallest absolute Gasteiger partial charge is 0.344 e. The fourth-order valence-electron chi connectivity index (χ4n) is 2.82. The molecule has 3 rings (SSSR count). The summed E-state index contributed by atoms with van der Waals surface area (Å²) in [6.45, 7) is 5.14. The zero-order valence-corrected chi connectivity index (χ0v) is 17.6. The number of hydrogen-bond acceptors (Lipinski definition) is 4. The number of phenols is 1. The van der Waals surface area contributed by atoms with Gasteiger partial charge in [-0.1, -0.05) is 42.5 Å². The molecule has 0 unspecified atom stereocenters. The van der Waals surface area contributed by atoms with E-state index in [0.717, 1.165) is 14.7 Å². The first kappa shape index (κ1) is 20.8. The molecule has 0 amide bonds. The van der Waals surface area contributed by atoms with Crippen LogP contribution in [0.4, 0.5) is 0 Å². The van der Waals surface area contributed by atoms with E-state index in [2.05, 4.69) is 24.3 Å². The van der Waals surface area contributed by atoms with E-state index in [0.29, 0.717) is 5.75 Å². The van der Waals surface area contributed by atoms with Crippen molar-refractivity contribution in [2.45, 2.75) is 41.1 Å². The Kier molecular flexibility index (Phi) is 6.49. The van der Waals surface area contributed by atoms with Gasteiger partial charge in [0.2, 0.25) is 10.6 Å². The van der Waals surface area contributed by atoms with E-state index in [9.17, 15) is 9.90 Å². The first-order valence-corrected chi connectivity index (χ1v) is 10.6. The molecule has 0 aliphatic heterocycles. The molecule has 0 aliphatic carbocycles. The minimum absolute atomic E-state index is 0.00424. The van der Waals surface area contributed by atoms with Gasteiger partial charge in [0.25, 0.3) is 0 Å². The second-order valence-electron chi connectivity index (χ2n) is 7.41. The second kappa shape index (κ2) is 9.05. The average Bonchev–Trinajstić information content (AvgIpc) is 2.68. The van der Waals surface area contributed by atoms with Crippen LogP contribution < -0.4 is 4.74 Å². The van der Waals surface area contributed by atoms with Gasteiger partial charge < -0.3 is 14.6 Å². The van der Waals surface area contributed by atoms with Gasteiger partial charge in [0.05, 0.1) is 0 Å². The van der Waals surface area contributed by atoms with E-state index < -0.39 is 22.5 Å². The predicted molar refractivity (Wildman–Crippen MR) is 114 cm³/mol. The van der Waals surface area contributed by atoms with Gasteiger partial charge in [0.1, 0.15) is 16.5 Å². The largest absolute Gasteiger partial charge is 0.504 e. The molecule has 0 heterocycles. The van der Waals surface area contributed by atoms with Crippen molar-refractivity contribution < 1.29 is 19.4 Å². The third-order valence-corrected chi connectivity index (χ3v) is 6.14. The van der Waals surface area contributed by atoms with Crippen LogP contribution in [-0.2, 0) is 20.4 Å². The fraction of sp³-hybridized carbons (Fsp3) is 0.208. The maximum Gasteiger partial charge on any atom is 0.344 e. The molecular weight excluding hydrogens is 384 g/mol. The molecule has 0 saturated heterocycles. The van der Waals surface area contributed by atoms with Crippen molar-refractivity contribution in [3.05, 3.63) is 78.9 Å². The number of aromatic hydroxyl groups is 1. The molecule has 0 atom stereocenters. The van der Waals surface area contributed by atoms with Gasteiger partial charge in [-0.2, -0.15) is 0 Å². The molecule has 150 valence electrons. The molecule has 0 saturated carbocycles. The van der Waals surface area contributed by atoms with Gasteiger partial charge in [-0.05, 0) is 57.2 Å². The van der Waals surface area contributed by atoms with E-state index >= 15 is 0 Å². The number of carbonyl (C=O) groups excluding carboxylic acids is 1. The summed E-state index contributed by atoms with van der Waals surface area (Å²) in [7, 11) is -0.507. The standard InChI is InChI=1S/C24H24O4S/c1-24(2,3)28-22(26)17-27-23-20(25)15-10-16-21(23)29(18-11-6-4-7-12-18)19-13-8-5-9-14-19/h4-16H,17H2,1-3H3/p+1. The highest BCUT2D eigenvalue weighted by molar-refractivity contribution is 7.97. The molecule has 3 aromatic carbocycles. The molecule has 0 aromatic heterocycles. The summed E-state index contributed by atoms with van der Waals surface area (Å²) in [5.74, 6) is -0.184. The van der Waals surface area contributed by atoms with Gasteiger partial charge >= 0.3 is 5.97 Å². The summed E-state index contributed by atoms with van der Waals surface area (Å²) < 4.78 is 11.1. The number of carbonyl (C=O) groups is 1. The Morgan fingerprint density at radius 1 is 0.862 bits per heavy atom. The number of hydrogen-bond donors (Lipinski definition) is 1. The second-order valence-corrected chi connectivity index (χ2v) is 9.41. The van der Waals surface area contributed by atoms with Crippen molar-refractivity contribution >= 4 is 16.9 Å². The van der Waals surface area contributed by atoms with Crippen molar-refractivity contribution in [2.75, 3.05) is 6.61 Å². The molecule has 0 radical (unpaired) electrons. The lowest BCUT2D eigenvalue weighted by Crippen LogP contribution is -2.27. The molecule has 29 heavy (non-hydrogen) atoms. The fourth-order valence-corrected chi connectivity index (χ4v) is 5.02. The van der Waals surface area contributed by atoms with E-state index in [4.69, 9.17) is 9.47 Å². The maximum atomic E-state index is 12.1. The van der Waals surface area contributed by atoms with Crippen LogP contribution in [0.15, 0.2) is 93.5 Å². The van der Waals surface area contributed by atoms with Crippen LogP contribution in [0.3, 0.4) is 0 Å². The van der Waals surface area contributed by atoms with Gasteiger partial charge in [-0.3, -0.25) is 0 Å². The molecule has 1 N–H and O–H groups in total. The van der Waals surface area contributed by atoms with Gasteiger partial charge in [0.15, 0.2) is 22.1 Å². The van der Waals surface area contributed by atoms with Crippen LogP contribution in [0, 0.1) is 0 Å². The zero-order valence-electron chi connectivity index (χ0n) is 16.8. The lowest BCUT2D eigenvalue weighted by Gasteiger charge is -2.20. The Morgan fingerprint density at radius 3 is 1.93 bits per heavy atom. The van der Waals surface area contributed by atoms with Crippen LogP contribution in [0.1, 0.15) is 20.8 Å². The SMILES string of the molecule is CC(C)(C)OC(=O)COc1c(O)cccc1[S+](c1ccccc1)c1ccccc1. The first-order valence-electron chi connectivity index (χ1n) is 9.36. The lowest BCUT2D eigenvalue weighted by molar-refractivity contribution is -0.157. The Labute approximate surface area is 174 Å². The molecule has 4 nitrogen and oxygen atoms in total. The monoisotopic (exact) mass is 409 g/mol. The van der Waals surface area contributed by atoms with E-state index in [1.807, 2.05) is 42.5 Å². The maximum absolute atomic E-state index is 12.1. The van der Waals surface area contributed by atoms with Crippen LogP contribution in [-0.4, -0.2) is 23.3 Å². The normalized spacial score (nSPS) is 11.3. The van der Waals surface area contributed by atoms with Crippen molar-refractivity contribution in [3.8, 4) is 11.5 Å². The van der Waals surface area contributed by atoms with E-state index in [1.165, 1.54) is 0 Å². The zero-order chi connectivity index (χ0) is 20.9. The molecule has 3 aromatic rings. The molecule has 0 fully saturated rings. The first-order chi connectivity index (χ1) is 13.8. The molecule has 0 spiro atoms. The third-order valence-electron chi connectivity index (χ3n) is 3.89. The molecule has 5 heteroatoms. The Bertz CT molecular complexity index is 910. The Hall–Kier alpha value is -2.92. The van der Waals surface area contributed by atoms with Crippen molar-refractivity contribution in [3.63, 3.8) is 0 Å². The summed E-state index contributed by atoms with van der Waals surface area (Å²) in [6, 6.07) is 25.4. The van der Waals surface area contributed by atoms with Crippen molar-refractivity contribution in [2.24, 2.45) is 0 Å². The average molecular weight is 410 g/mol. The third kappa shape index (κ3) is 5.55. The predicted octanol–water partition coefficient (Wildman–Crippen LogP) is 5.21. The highest BCUT2D eigenvalue weighted by atomic mass is 32.2. The van der Waals surface area contributed by atoms with Crippen LogP contribution in [0.2, 0.25) is 0 Å². The van der Waals surface area contributed by atoms with Crippen LogP contribution >= 0.6 is 0 Å². The van der Waals surface area contributed by atoms with E-state index in [-0.39, 0.29) is 12.4 Å². The molecular formula is C24H25O4S+. The highest BCUT2D eigenvalue weighted by Gasteiger charge is 2.33. The van der Waals surface area contributed by atoms with Crippen LogP contribution in [0.5, 0.6) is 11.5 Å². The quantitative estimate of drug-likeness (QED) is 0.449. The molecule has 0 aliphatic rings.